The van der Waals surface area contributed by atoms with E-state index in [0.717, 1.165) is 19.3 Å². The van der Waals surface area contributed by atoms with E-state index in [1.165, 1.54) is 19.3 Å². The molecule has 0 bridgehead atoms. The average molecular weight is 294 g/mol. The molecule has 1 saturated carbocycles. The van der Waals surface area contributed by atoms with E-state index in [2.05, 4.69) is 5.32 Å². The van der Waals surface area contributed by atoms with Crippen LogP contribution in [-0.4, -0.2) is 47.6 Å². The van der Waals surface area contributed by atoms with Crippen LogP contribution in [0, 0.1) is 5.92 Å². The summed E-state index contributed by atoms with van der Waals surface area (Å²) in [5, 5.41) is 3.01. The molecule has 2 saturated heterocycles. The van der Waals surface area contributed by atoms with Gasteiger partial charge in [-0.2, -0.15) is 0 Å². The van der Waals surface area contributed by atoms with Crippen LogP contribution in [0.1, 0.15) is 52.4 Å². The van der Waals surface area contributed by atoms with Crippen LogP contribution in [0.15, 0.2) is 0 Å². The largest absolute Gasteiger partial charge is 0.379 e. The summed E-state index contributed by atoms with van der Waals surface area (Å²) in [5.41, 5.74) is -0.777. The summed E-state index contributed by atoms with van der Waals surface area (Å²) in [6.07, 6.45) is 6.51. The van der Waals surface area contributed by atoms with Gasteiger partial charge in [-0.15, -0.1) is 0 Å². The maximum atomic E-state index is 13.0. The average Bonchev–Trinajstić information content (AvgIpc) is 2.97. The summed E-state index contributed by atoms with van der Waals surface area (Å²) in [5.74, 6) is 0.377. The van der Waals surface area contributed by atoms with Gasteiger partial charge in [-0.3, -0.25) is 9.59 Å². The molecule has 0 aromatic rings. The van der Waals surface area contributed by atoms with Crippen molar-refractivity contribution in [2.75, 3.05) is 13.2 Å². The fourth-order valence-corrected chi connectivity index (χ4v) is 4.06. The fraction of sp³-hybridized carbons (Fsp3) is 0.875. The number of nitrogens with zero attached hydrogens (tertiary/aromatic N) is 1. The molecule has 2 aliphatic heterocycles. The van der Waals surface area contributed by atoms with Crippen molar-refractivity contribution in [2.24, 2.45) is 5.92 Å². The third kappa shape index (κ3) is 2.56. The van der Waals surface area contributed by atoms with Crippen molar-refractivity contribution in [3.63, 3.8) is 0 Å². The minimum absolute atomic E-state index is 0.0235. The molecule has 2 atom stereocenters. The zero-order valence-corrected chi connectivity index (χ0v) is 13.1. The Labute approximate surface area is 126 Å². The Balaban J connectivity index is 1.84. The molecule has 3 aliphatic rings. The molecule has 5 nitrogen and oxygen atoms in total. The normalized spacial score (nSPS) is 34.1. The SMILES string of the molecule is CC1(C)C(=O)NC(C2CCCCC2)C(=O)N1C1CCOC1. The molecule has 2 amide bonds. The van der Waals surface area contributed by atoms with Gasteiger partial charge in [0.15, 0.2) is 0 Å². The summed E-state index contributed by atoms with van der Waals surface area (Å²) < 4.78 is 5.44. The molecule has 118 valence electrons. The topological polar surface area (TPSA) is 58.6 Å². The van der Waals surface area contributed by atoms with Crippen molar-refractivity contribution >= 4 is 11.8 Å². The molecule has 0 aromatic heterocycles. The first kappa shape index (κ1) is 14.8. The zero-order chi connectivity index (χ0) is 15.0. The number of amides is 2. The number of ether oxygens (including phenoxy) is 1. The number of rotatable bonds is 2. The predicted molar refractivity (Wildman–Crippen MR) is 78.7 cm³/mol. The maximum Gasteiger partial charge on any atom is 0.246 e. The van der Waals surface area contributed by atoms with Gasteiger partial charge in [-0.1, -0.05) is 19.3 Å². The minimum Gasteiger partial charge on any atom is -0.379 e. The van der Waals surface area contributed by atoms with E-state index in [-0.39, 0.29) is 23.9 Å². The smallest absolute Gasteiger partial charge is 0.246 e. The first-order valence-corrected chi connectivity index (χ1v) is 8.23. The first-order valence-electron chi connectivity index (χ1n) is 8.23. The van der Waals surface area contributed by atoms with Gasteiger partial charge in [-0.25, -0.2) is 0 Å². The molecular formula is C16H26N2O3. The van der Waals surface area contributed by atoms with Crippen LogP contribution in [0.5, 0.6) is 0 Å². The Hall–Kier alpha value is -1.10. The summed E-state index contributed by atoms with van der Waals surface area (Å²) in [6, 6.07) is -0.281. The van der Waals surface area contributed by atoms with Crippen molar-refractivity contribution in [3.8, 4) is 0 Å². The molecule has 3 fully saturated rings. The van der Waals surface area contributed by atoms with Gasteiger partial charge >= 0.3 is 0 Å². The van der Waals surface area contributed by atoms with Gasteiger partial charge in [-0.05, 0) is 39.0 Å². The molecule has 5 heteroatoms. The lowest BCUT2D eigenvalue weighted by Gasteiger charge is -2.48. The molecule has 21 heavy (non-hydrogen) atoms. The fourth-order valence-electron chi connectivity index (χ4n) is 4.06. The second kappa shape index (κ2) is 5.59. The standard InChI is InChI=1S/C16H26N2O3/c1-16(2)15(20)17-13(11-6-4-3-5-7-11)14(19)18(16)12-8-9-21-10-12/h11-13H,3-10H2,1-2H3,(H,17,20). The van der Waals surface area contributed by atoms with E-state index < -0.39 is 5.54 Å². The summed E-state index contributed by atoms with van der Waals surface area (Å²) in [4.78, 5) is 27.4. The molecule has 2 heterocycles. The lowest BCUT2D eigenvalue weighted by Crippen LogP contribution is -2.72. The van der Waals surface area contributed by atoms with Gasteiger partial charge in [0.05, 0.1) is 12.6 Å². The van der Waals surface area contributed by atoms with Gasteiger partial charge in [0.2, 0.25) is 11.8 Å². The van der Waals surface area contributed by atoms with Crippen molar-refractivity contribution < 1.29 is 14.3 Å². The Kier molecular flexibility index (Phi) is 3.95. The lowest BCUT2D eigenvalue weighted by atomic mass is 9.80. The van der Waals surface area contributed by atoms with Crippen molar-refractivity contribution in [2.45, 2.75) is 70.0 Å². The summed E-state index contributed by atoms with van der Waals surface area (Å²) >= 11 is 0. The van der Waals surface area contributed by atoms with Crippen LogP contribution >= 0.6 is 0 Å². The highest BCUT2D eigenvalue weighted by molar-refractivity contribution is 5.99. The molecule has 2 unspecified atom stereocenters. The monoisotopic (exact) mass is 294 g/mol. The number of piperazine rings is 1. The number of hydrogen-bond donors (Lipinski definition) is 1. The maximum absolute atomic E-state index is 13.0. The second-order valence-electron chi connectivity index (χ2n) is 7.13. The molecule has 0 radical (unpaired) electrons. The predicted octanol–water partition coefficient (Wildman–Crippen LogP) is 1.46. The van der Waals surface area contributed by atoms with Crippen molar-refractivity contribution in [1.29, 1.82) is 0 Å². The lowest BCUT2D eigenvalue weighted by molar-refractivity contribution is -0.160. The van der Waals surface area contributed by atoms with E-state index in [9.17, 15) is 9.59 Å². The highest BCUT2D eigenvalue weighted by atomic mass is 16.5. The summed E-state index contributed by atoms with van der Waals surface area (Å²) in [6.45, 7) is 4.92. The molecular weight excluding hydrogens is 268 g/mol. The van der Waals surface area contributed by atoms with Gasteiger partial charge in [0.25, 0.3) is 0 Å². The van der Waals surface area contributed by atoms with E-state index >= 15 is 0 Å². The quantitative estimate of drug-likeness (QED) is 0.839. The Bertz CT molecular complexity index is 423. The number of carbonyl (C=O) groups excluding carboxylic acids is 2. The third-order valence-corrected chi connectivity index (χ3v) is 5.34. The molecule has 0 spiro atoms. The molecule has 1 N–H and O–H groups in total. The van der Waals surface area contributed by atoms with E-state index in [0.29, 0.717) is 19.1 Å². The Morgan fingerprint density at radius 2 is 1.86 bits per heavy atom. The van der Waals surface area contributed by atoms with Crippen LogP contribution < -0.4 is 5.32 Å². The van der Waals surface area contributed by atoms with Gasteiger partial charge in [0, 0.05) is 6.61 Å². The van der Waals surface area contributed by atoms with E-state index in [1.54, 1.807) is 0 Å². The minimum atomic E-state index is -0.777. The van der Waals surface area contributed by atoms with Crippen LogP contribution in [0.4, 0.5) is 0 Å². The van der Waals surface area contributed by atoms with E-state index in [4.69, 9.17) is 4.74 Å². The zero-order valence-electron chi connectivity index (χ0n) is 13.1. The number of hydrogen-bond acceptors (Lipinski definition) is 3. The highest BCUT2D eigenvalue weighted by Gasteiger charge is 2.51. The van der Waals surface area contributed by atoms with Crippen molar-refractivity contribution in [1.82, 2.24) is 10.2 Å². The first-order chi connectivity index (χ1) is 10.0. The van der Waals surface area contributed by atoms with Crippen LogP contribution in [0.2, 0.25) is 0 Å². The van der Waals surface area contributed by atoms with E-state index in [1.807, 2.05) is 18.7 Å². The third-order valence-electron chi connectivity index (χ3n) is 5.34. The highest BCUT2D eigenvalue weighted by Crippen LogP contribution is 2.33. The van der Waals surface area contributed by atoms with Crippen LogP contribution in [-0.2, 0) is 14.3 Å². The Morgan fingerprint density at radius 3 is 2.48 bits per heavy atom. The van der Waals surface area contributed by atoms with Crippen LogP contribution in [0.3, 0.4) is 0 Å². The van der Waals surface area contributed by atoms with Crippen LogP contribution in [0.25, 0.3) is 0 Å². The summed E-state index contributed by atoms with van der Waals surface area (Å²) in [7, 11) is 0. The van der Waals surface area contributed by atoms with Crippen molar-refractivity contribution in [3.05, 3.63) is 0 Å². The van der Waals surface area contributed by atoms with Gasteiger partial charge in [0.1, 0.15) is 11.6 Å². The molecule has 0 aromatic carbocycles. The Morgan fingerprint density at radius 1 is 1.14 bits per heavy atom. The van der Waals surface area contributed by atoms with Gasteiger partial charge < -0.3 is 15.0 Å². The second-order valence-corrected chi connectivity index (χ2v) is 7.13. The number of nitrogens with one attached hydrogen (secondary N) is 1. The molecule has 1 aliphatic carbocycles. The number of carbonyl (C=O) groups is 2. The molecule has 3 rings (SSSR count).